The van der Waals surface area contributed by atoms with E-state index in [1.165, 1.54) is 13.5 Å². The van der Waals surface area contributed by atoms with E-state index in [0.29, 0.717) is 50.5 Å². The molecule has 2 rings (SSSR count). The Morgan fingerprint density at radius 1 is 0.950 bits per heavy atom. The van der Waals surface area contributed by atoms with Crippen LogP contribution in [0.1, 0.15) is 139 Å². The van der Waals surface area contributed by atoms with Crippen LogP contribution in [0, 0.1) is 39.4 Å². The number of carbonyl (C=O) groups excluding carboxylic acids is 3. The molecule has 0 aliphatic heterocycles. The van der Waals surface area contributed by atoms with Crippen LogP contribution in [-0.4, -0.2) is 37.7 Å². The molecule has 40 heavy (non-hydrogen) atoms. The van der Waals surface area contributed by atoms with E-state index in [9.17, 15) is 14.4 Å². The van der Waals surface area contributed by atoms with Crippen molar-refractivity contribution in [2.24, 2.45) is 39.4 Å². The van der Waals surface area contributed by atoms with Crippen molar-refractivity contribution in [1.82, 2.24) is 0 Å². The van der Waals surface area contributed by atoms with Crippen molar-refractivity contribution in [3.8, 4) is 0 Å². The highest BCUT2D eigenvalue weighted by Crippen LogP contribution is 2.66. The molecule has 0 spiro atoms. The minimum Gasteiger partial charge on any atom is -0.469 e. The van der Waals surface area contributed by atoms with E-state index >= 15 is 0 Å². The molecular formula is C34H60O6. The average molecular weight is 565 g/mol. The minimum atomic E-state index is -0.799. The Kier molecular flexibility index (Phi) is 12.2. The Labute approximate surface area is 245 Å². The largest absolute Gasteiger partial charge is 0.469 e. The quantitative estimate of drug-likeness (QED) is 0.131. The van der Waals surface area contributed by atoms with Crippen LogP contribution in [-0.2, 0) is 28.6 Å². The Bertz CT molecular complexity index is 866. The van der Waals surface area contributed by atoms with E-state index in [1.54, 1.807) is 0 Å². The molecule has 2 bridgehead atoms. The molecule has 2 aliphatic carbocycles. The van der Waals surface area contributed by atoms with Gasteiger partial charge < -0.3 is 14.2 Å². The molecule has 0 N–H and O–H groups in total. The Balaban J connectivity index is 2.19. The number of fused-ring (bicyclic) bond motifs is 2. The summed E-state index contributed by atoms with van der Waals surface area (Å²) in [4.78, 5) is 40.0. The molecule has 0 saturated heterocycles. The van der Waals surface area contributed by atoms with Crippen molar-refractivity contribution < 1.29 is 28.6 Å². The lowest BCUT2D eigenvalue weighted by atomic mass is 9.70. The van der Waals surface area contributed by atoms with Crippen molar-refractivity contribution >= 4 is 17.9 Å². The highest BCUT2D eigenvalue weighted by Gasteiger charge is 2.63. The van der Waals surface area contributed by atoms with E-state index in [0.717, 1.165) is 38.5 Å². The number of ether oxygens (including phenoxy) is 3. The Morgan fingerprint density at radius 2 is 1.60 bits per heavy atom. The molecule has 7 atom stereocenters. The second kappa shape index (κ2) is 14.1. The first-order valence-corrected chi connectivity index (χ1v) is 16.1. The molecule has 0 aromatic rings. The van der Waals surface area contributed by atoms with E-state index < -0.39 is 16.7 Å². The average Bonchev–Trinajstić information content (AvgIpc) is 3.27. The molecule has 7 unspecified atom stereocenters. The number of esters is 3. The lowest BCUT2D eigenvalue weighted by Crippen LogP contribution is -2.41. The number of hydrogen-bond donors (Lipinski definition) is 0. The zero-order valence-corrected chi connectivity index (χ0v) is 27.5. The number of rotatable bonds is 17. The summed E-state index contributed by atoms with van der Waals surface area (Å²) in [5, 5.41) is 0. The summed E-state index contributed by atoms with van der Waals surface area (Å²) in [7, 11) is 1.40. The van der Waals surface area contributed by atoms with Crippen molar-refractivity contribution in [2.75, 3.05) is 13.7 Å². The second-order valence-corrected chi connectivity index (χ2v) is 14.3. The first-order chi connectivity index (χ1) is 18.7. The number of carbonyl (C=O) groups is 3. The molecule has 0 aromatic carbocycles. The number of hydrogen-bond acceptors (Lipinski definition) is 6. The van der Waals surface area contributed by atoms with E-state index in [-0.39, 0.29) is 34.8 Å². The van der Waals surface area contributed by atoms with Crippen LogP contribution in [0.5, 0.6) is 0 Å². The summed E-state index contributed by atoms with van der Waals surface area (Å²) < 4.78 is 17.3. The van der Waals surface area contributed by atoms with Crippen LogP contribution in [0.25, 0.3) is 0 Å². The van der Waals surface area contributed by atoms with Gasteiger partial charge in [0, 0.05) is 5.41 Å². The third-order valence-corrected chi connectivity index (χ3v) is 11.8. The van der Waals surface area contributed by atoms with Gasteiger partial charge in [0.1, 0.15) is 6.10 Å². The van der Waals surface area contributed by atoms with Gasteiger partial charge in [-0.15, -0.1) is 0 Å². The normalized spacial score (nSPS) is 27.8. The highest BCUT2D eigenvalue weighted by molar-refractivity contribution is 5.79. The maximum Gasteiger partial charge on any atom is 0.311 e. The molecule has 0 heterocycles. The summed E-state index contributed by atoms with van der Waals surface area (Å²) in [5.41, 5.74) is -1.40. The van der Waals surface area contributed by atoms with Gasteiger partial charge in [0.2, 0.25) is 0 Å². The molecule has 232 valence electrons. The monoisotopic (exact) mass is 564 g/mol. The third-order valence-electron chi connectivity index (χ3n) is 11.8. The zero-order chi connectivity index (χ0) is 30.4. The van der Waals surface area contributed by atoms with Gasteiger partial charge >= 0.3 is 17.9 Å². The first kappa shape index (κ1) is 34.6. The summed E-state index contributed by atoms with van der Waals surface area (Å²) in [6.45, 7) is 19.4. The van der Waals surface area contributed by atoms with Gasteiger partial charge in [-0.3, -0.25) is 14.4 Å². The summed E-state index contributed by atoms with van der Waals surface area (Å²) >= 11 is 0. The third kappa shape index (κ3) is 7.24. The van der Waals surface area contributed by atoms with Crippen LogP contribution in [0.4, 0.5) is 0 Å². The van der Waals surface area contributed by atoms with Crippen LogP contribution in [0.15, 0.2) is 0 Å². The van der Waals surface area contributed by atoms with Gasteiger partial charge in [-0.2, -0.15) is 0 Å². The maximum absolute atomic E-state index is 13.9. The molecular weight excluding hydrogens is 504 g/mol. The molecule has 6 nitrogen and oxygen atoms in total. The van der Waals surface area contributed by atoms with Crippen molar-refractivity contribution in [3.63, 3.8) is 0 Å². The molecule has 0 aromatic heterocycles. The van der Waals surface area contributed by atoms with Gasteiger partial charge in [-0.25, -0.2) is 0 Å². The molecule has 6 heteroatoms. The van der Waals surface area contributed by atoms with Gasteiger partial charge in [0.05, 0.1) is 30.5 Å². The predicted molar refractivity (Wildman–Crippen MR) is 160 cm³/mol. The van der Waals surface area contributed by atoms with E-state index in [4.69, 9.17) is 14.2 Å². The van der Waals surface area contributed by atoms with Crippen LogP contribution in [0.2, 0.25) is 0 Å². The predicted octanol–water partition coefficient (Wildman–Crippen LogP) is 8.30. The van der Waals surface area contributed by atoms with E-state index in [2.05, 4.69) is 34.6 Å². The van der Waals surface area contributed by atoms with Crippen LogP contribution in [0.3, 0.4) is 0 Å². The Morgan fingerprint density at radius 3 is 2.08 bits per heavy atom. The van der Waals surface area contributed by atoms with Gasteiger partial charge in [0.15, 0.2) is 0 Å². The Hall–Kier alpha value is -1.59. The zero-order valence-electron chi connectivity index (χ0n) is 27.5. The SMILES string of the molecule is CCCCC(CC)COC(=O)C(C)(CC)CCC(CC(C)(CC)C(=O)OC)C(=O)OC1CC2CCC1(C)C2(C)C. The fourth-order valence-electron chi connectivity index (χ4n) is 7.19. The lowest BCUT2D eigenvalue weighted by molar-refractivity contribution is -0.167. The molecule has 2 aliphatic rings. The summed E-state index contributed by atoms with van der Waals surface area (Å²) in [6, 6.07) is 0. The molecule has 0 radical (unpaired) electrons. The second-order valence-electron chi connectivity index (χ2n) is 14.3. The smallest absolute Gasteiger partial charge is 0.311 e. The highest BCUT2D eigenvalue weighted by atomic mass is 16.5. The van der Waals surface area contributed by atoms with E-state index in [1.807, 2.05) is 27.7 Å². The van der Waals surface area contributed by atoms with Gasteiger partial charge in [0.25, 0.3) is 0 Å². The van der Waals surface area contributed by atoms with Gasteiger partial charge in [-0.05, 0) is 88.9 Å². The van der Waals surface area contributed by atoms with Crippen molar-refractivity contribution in [2.45, 2.75) is 145 Å². The number of unbranched alkanes of at least 4 members (excludes halogenated alkanes) is 1. The molecule has 2 fully saturated rings. The summed E-state index contributed by atoms with van der Waals surface area (Å²) in [5.74, 6) is -0.295. The first-order valence-electron chi connectivity index (χ1n) is 16.1. The van der Waals surface area contributed by atoms with Crippen LogP contribution < -0.4 is 0 Å². The van der Waals surface area contributed by atoms with Gasteiger partial charge in [-0.1, -0.05) is 67.7 Å². The van der Waals surface area contributed by atoms with Crippen molar-refractivity contribution in [3.05, 3.63) is 0 Å². The topological polar surface area (TPSA) is 78.9 Å². The minimum absolute atomic E-state index is 0.0381. The summed E-state index contributed by atoms with van der Waals surface area (Å²) in [6.07, 6.45) is 9.87. The maximum atomic E-state index is 13.9. The standard InChI is InChI=1S/C34H60O6/c1-11-15-16-24(12-2)23-39-30(37)32(7,13-3)19-17-25(22-33(8,14-4)29(36)38-10)28(35)40-27-21-26-18-20-34(27,9)31(26,5)6/h24-27H,11-23H2,1-10H3. The molecule has 0 amide bonds. The lowest BCUT2D eigenvalue weighted by Gasteiger charge is -2.39. The van der Waals surface area contributed by atoms with Crippen molar-refractivity contribution in [1.29, 1.82) is 0 Å². The fourth-order valence-corrected chi connectivity index (χ4v) is 7.19. The molecule has 2 saturated carbocycles. The fraction of sp³-hybridized carbons (Fsp3) is 0.912. The number of methoxy groups -OCH3 is 1. The van der Waals surface area contributed by atoms with Crippen LogP contribution >= 0.6 is 0 Å².